The number of amides is 1. The molecule has 2 aromatic carbocycles. The summed E-state index contributed by atoms with van der Waals surface area (Å²) in [6, 6.07) is 13.7. The Kier molecular flexibility index (Phi) is 4.60. The molecular formula is C19H18N4O4S. The van der Waals surface area contributed by atoms with E-state index in [2.05, 4.69) is 15.5 Å². The second-order valence-electron chi connectivity index (χ2n) is 6.43. The molecule has 1 amide bonds. The number of anilines is 2. The third-order valence-corrected chi connectivity index (χ3v) is 6.31. The maximum atomic E-state index is 12.8. The minimum Gasteiger partial charge on any atom is -0.339 e. The van der Waals surface area contributed by atoms with Crippen LogP contribution in [0.15, 0.2) is 53.1 Å². The van der Waals surface area contributed by atoms with Gasteiger partial charge in [-0.15, -0.1) is 0 Å². The van der Waals surface area contributed by atoms with Crippen LogP contribution in [0.5, 0.6) is 0 Å². The van der Waals surface area contributed by atoms with E-state index < -0.39 is 10.0 Å². The lowest BCUT2D eigenvalue weighted by atomic mass is 10.1. The highest BCUT2D eigenvalue weighted by molar-refractivity contribution is 7.93. The molecule has 1 aliphatic rings. The van der Waals surface area contributed by atoms with E-state index in [9.17, 15) is 13.2 Å². The summed E-state index contributed by atoms with van der Waals surface area (Å²) in [5, 5.41) is 6.74. The second-order valence-corrected chi connectivity index (χ2v) is 8.44. The molecule has 0 atom stereocenters. The van der Waals surface area contributed by atoms with E-state index in [1.807, 2.05) is 6.07 Å². The molecule has 1 fully saturated rings. The summed E-state index contributed by atoms with van der Waals surface area (Å²) in [4.78, 5) is 17.0. The first-order valence-corrected chi connectivity index (χ1v) is 10.4. The molecule has 0 unspecified atom stereocenters. The largest absolute Gasteiger partial charge is 0.339 e. The molecule has 2 heterocycles. The summed E-state index contributed by atoms with van der Waals surface area (Å²) in [5.74, 6) is 0.577. The quantitative estimate of drug-likeness (QED) is 0.724. The first-order chi connectivity index (χ1) is 13.4. The van der Waals surface area contributed by atoms with Crippen molar-refractivity contribution in [1.29, 1.82) is 0 Å². The van der Waals surface area contributed by atoms with Crippen molar-refractivity contribution in [2.24, 2.45) is 0 Å². The van der Waals surface area contributed by atoms with Crippen molar-refractivity contribution in [3.05, 3.63) is 60.0 Å². The van der Waals surface area contributed by atoms with Crippen molar-refractivity contribution in [2.75, 3.05) is 21.9 Å². The Morgan fingerprint density at radius 2 is 2.00 bits per heavy atom. The monoisotopic (exact) mass is 398 g/mol. The van der Waals surface area contributed by atoms with Crippen LogP contribution in [0.4, 0.5) is 11.4 Å². The summed E-state index contributed by atoms with van der Waals surface area (Å²) < 4.78 is 30.6. The van der Waals surface area contributed by atoms with Crippen molar-refractivity contribution in [1.82, 2.24) is 10.1 Å². The predicted molar refractivity (Wildman–Crippen MR) is 105 cm³/mol. The molecule has 8 nitrogen and oxygen atoms in total. The fourth-order valence-electron chi connectivity index (χ4n) is 3.12. The Hall–Kier alpha value is -3.20. The lowest BCUT2D eigenvalue weighted by molar-refractivity contribution is 0.102. The van der Waals surface area contributed by atoms with Crippen LogP contribution >= 0.6 is 0 Å². The van der Waals surface area contributed by atoms with E-state index in [0.717, 1.165) is 0 Å². The van der Waals surface area contributed by atoms with Crippen LogP contribution < -0.4 is 9.62 Å². The number of sulfonamides is 1. The summed E-state index contributed by atoms with van der Waals surface area (Å²) in [7, 11) is -3.31. The molecule has 0 saturated carbocycles. The lowest BCUT2D eigenvalue weighted by Crippen LogP contribution is -2.25. The number of carbonyl (C=O) groups excluding carboxylic acids is 1. The van der Waals surface area contributed by atoms with Gasteiger partial charge in [0.25, 0.3) is 5.91 Å². The number of hydrogen-bond acceptors (Lipinski definition) is 6. The number of benzene rings is 2. The second kappa shape index (κ2) is 7.08. The average Bonchev–Trinajstić information content (AvgIpc) is 3.27. The van der Waals surface area contributed by atoms with Crippen molar-refractivity contribution in [3.63, 3.8) is 0 Å². The molecule has 0 spiro atoms. The van der Waals surface area contributed by atoms with Gasteiger partial charge in [0, 0.05) is 24.6 Å². The molecule has 0 radical (unpaired) electrons. The normalized spacial score (nSPS) is 15.5. The standard InChI is InChI=1S/C19H18N4O4S/c1-13-20-18(22-27-13)16-8-2-3-9-17(16)21-19(24)14-6-4-7-15(12-14)23-10-5-11-28(23,25)26/h2-4,6-9,12H,5,10-11H2,1H3,(H,21,24). The molecule has 0 aliphatic carbocycles. The van der Waals surface area contributed by atoms with Gasteiger partial charge in [-0.05, 0) is 36.8 Å². The maximum Gasteiger partial charge on any atom is 0.255 e. The van der Waals surface area contributed by atoms with Gasteiger partial charge in [-0.1, -0.05) is 23.4 Å². The first-order valence-electron chi connectivity index (χ1n) is 8.75. The van der Waals surface area contributed by atoms with Crippen LogP contribution in [0, 0.1) is 6.92 Å². The Balaban J connectivity index is 1.61. The van der Waals surface area contributed by atoms with E-state index >= 15 is 0 Å². The molecule has 9 heteroatoms. The number of nitrogens with one attached hydrogen (secondary N) is 1. The third kappa shape index (κ3) is 3.48. The topological polar surface area (TPSA) is 105 Å². The van der Waals surface area contributed by atoms with E-state index in [0.29, 0.717) is 47.2 Å². The zero-order valence-corrected chi connectivity index (χ0v) is 15.9. The lowest BCUT2D eigenvalue weighted by Gasteiger charge is -2.17. The SMILES string of the molecule is Cc1nc(-c2ccccc2NC(=O)c2cccc(N3CCCS3(=O)=O)c2)no1. The first kappa shape index (κ1) is 18.2. The molecule has 1 N–H and O–H groups in total. The van der Waals surface area contributed by atoms with Gasteiger partial charge in [0.1, 0.15) is 0 Å². The number of para-hydroxylation sites is 1. The van der Waals surface area contributed by atoms with Gasteiger partial charge in [0.15, 0.2) is 0 Å². The smallest absolute Gasteiger partial charge is 0.255 e. The van der Waals surface area contributed by atoms with Crippen molar-refractivity contribution in [3.8, 4) is 11.4 Å². The summed E-state index contributed by atoms with van der Waals surface area (Å²) >= 11 is 0. The number of carbonyl (C=O) groups is 1. The predicted octanol–water partition coefficient (Wildman–Crippen LogP) is 2.84. The maximum absolute atomic E-state index is 12.8. The highest BCUT2D eigenvalue weighted by atomic mass is 32.2. The Bertz CT molecular complexity index is 1140. The zero-order chi connectivity index (χ0) is 19.7. The molecular weight excluding hydrogens is 380 g/mol. The van der Waals surface area contributed by atoms with Crippen LogP contribution in [-0.2, 0) is 10.0 Å². The highest BCUT2D eigenvalue weighted by Gasteiger charge is 2.28. The molecule has 4 rings (SSSR count). The van der Waals surface area contributed by atoms with Crippen molar-refractivity contribution in [2.45, 2.75) is 13.3 Å². The molecule has 0 bridgehead atoms. The van der Waals surface area contributed by atoms with E-state index in [1.165, 1.54) is 4.31 Å². The fraction of sp³-hybridized carbons (Fsp3) is 0.211. The minimum absolute atomic E-state index is 0.126. The van der Waals surface area contributed by atoms with Crippen LogP contribution in [-0.4, -0.2) is 36.8 Å². The molecule has 3 aromatic rings. The third-order valence-electron chi connectivity index (χ3n) is 4.44. The van der Waals surface area contributed by atoms with Crippen LogP contribution in [0.3, 0.4) is 0 Å². The number of aromatic nitrogens is 2. The van der Waals surface area contributed by atoms with Gasteiger partial charge in [0.05, 0.1) is 17.1 Å². The van der Waals surface area contributed by atoms with Gasteiger partial charge >= 0.3 is 0 Å². The van der Waals surface area contributed by atoms with E-state index in [1.54, 1.807) is 49.4 Å². The highest BCUT2D eigenvalue weighted by Crippen LogP contribution is 2.27. The molecule has 144 valence electrons. The Labute approximate surface area is 162 Å². The summed E-state index contributed by atoms with van der Waals surface area (Å²) in [6.07, 6.45) is 0.580. The van der Waals surface area contributed by atoms with Crippen LogP contribution in [0.2, 0.25) is 0 Å². The summed E-state index contributed by atoms with van der Waals surface area (Å²) in [5.41, 5.74) is 2.02. The molecule has 1 saturated heterocycles. The van der Waals surface area contributed by atoms with Gasteiger partial charge in [-0.3, -0.25) is 9.10 Å². The van der Waals surface area contributed by atoms with Gasteiger partial charge in [-0.2, -0.15) is 4.98 Å². The molecule has 1 aromatic heterocycles. The number of hydrogen-bond donors (Lipinski definition) is 1. The fourth-order valence-corrected chi connectivity index (χ4v) is 4.68. The Morgan fingerprint density at radius 3 is 2.71 bits per heavy atom. The number of aryl methyl sites for hydroxylation is 1. The van der Waals surface area contributed by atoms with Crippen LogP contribution in [0.1, 0.15) is 22.7 Å². The van der Waals surface area contributed by atoms with Crippen molar-refractivity contribution >= 4 is 27.3 Å². The molecule has 28 heavy (non-hydrogen) atoms. The van der Waals surface area contributed by atoms with Gasteiger partial charge in [-0.25, -0.2) is 8.42 Å². The van der Waals surface area contributed by atoms with Crippen LogP contribution in [0.25, 0.3) is 11.4 Å². The zero-order valence-electron chi connectivity index (χ0n) is 15.1. The number of nitrogens with zero attached hydrogens (tertiary/aromatic N) is 3. The van der Waals surface area contributed by atoms with Gasteiger partial charge in [0.2, 0.25) is 21.7 Å². The summed E-state index contributed by atoms with van der Waals surface area (Å²) in [6.45, 7) is 2.11. The van der Waals surface area contributed by atoms with Crippen molar-refractivity contribution < 1.29 is 17.7 Å². The average molecular weight is 398 g/mol. The van der Waals surface area contributed by atoms with E-state index in [-0.39, 0.29) is 11.7 Å². The molecule has 1 aliphatic heterocycles. The van der Waals surface area contributed by atoms with Gasteiger partial charge < -0.3 is 9.84 Å². The Morgan fingerprint density at radius 1 is 1.18 bits per heavy atom. The van der Waals surface area contributed by atoms with E-state index in [4.69, 9.17) is 4.52 Å². The minimum atomic E-state index is -3.31. The number of rotatable bonds is 4.